The molecular weight excluding hydrogens is 288 g/mol. The number of rotatable bonds is 10. The number of nitrogens with zero attached hydrogens (tertiary/aromatic N) is 4. The summed E-state index contributed by atoms with van der Waals surface area (Å²) < 4.78 is 5.69. The minimum absolute atomic E-state index is 0.830. The van der Waals surface area contributed by atoms with Crippen molar-refractivity contribution in [2.75, 3.05) is 13.2 Å². The molecule has 0 saturated carbocycles. The van der Waals surface area contributed by atoms with Crippen molar-refractivity contribution in [2.24, 2.45) is 0 Å². The molecule has 0 aliphatic carbocycles. The van der Waals surface area contributed by atoms with Crippen molar-refractivity contribution in [3.63, 3.8) is 0 Å². The Morgan fingerprint density at radius 2 is 1.22 bits per heavy atom. The molecule has 0 aliphatic heterocycles. The molecule has 0 amide bonds. The Labute approximate surface area is 138 Å². The van der Waals surface area contributed by atoms with Crippen LogP contribution in [0.25, 0.3) is 0 Å². The van der Waals surface area contributed by atoms with Gasteiger partial charge in [-0.15, -0.1) is 0 Å². The van der Waals surface area contributed by atoms with Crippen molar-refractivity contribution in [1.82, 2.24) is 19.9 Å². The lowest BCUT2D eigenvalue weighted by atomic mass is 10.2. The molecule has 5 heteroatoms. The van der Waals surface area contributed by atoms with Crippen molar-refractivity contribution in [2.45, 2.75) is 52.4 Å². The van der Waals surface area contributed by atoms with Crippen LogP contribution in [0.15, 0.2) is 24.5 Å². The van der Waals surface area contributed by atoms with Crippen LogP contribution in [0.4, 0.5) is 0 Å². The summed E-state index contributed by atoms with van der Waals surface area (Å²) >= 11 is 0. The Kier molecular flexibility index (Phi) is 7.60. The average Bonchev–Trinajstić information content (AvgIpc) is 2.53. The Morgan fingerprint density at radius 1 is 0.739 bits per heavy atom. The molecule has 2 rings (SSSR count). The van der Waals surface area contributed by atoms with E-state index in [0.29, 0.717) is 0 Å². The third-order valence-corrected chi connectivity index (χ3v) is 3.61. The summed E-state index contributed by atoms with van der Waals surface area (Å²) in [6.07, 6.45) is 10.0. The summed E-state index contributed by atoms with van der Waals surface area (Å²) in [6, 6.07) is 3.98. The topological polar surface area (TPSA) is 60.8 Å². The van der Waals surface area contributed by atoms with Gasteiger partial charge in [-0.05, 0) is 64.5 Å². The number of aromatic nitrogens is 4. The Bertz CT molecular complexity index is 537. The van der Waals surface area contributed by atoms with Crippen LogP contribution in [0.2, 0.25) is 0 Å². The molecule has 23 heavy (non-hydrogen) atoms. The van der Waals surface area contributed by atoms with Gasteiger partial charge < -0.3 is 4.74 Å². The molecule has 0 fully saturated rings. The lowest BCUT2D eigenvalue weighted by Crippen LogP contribution is -2.01. The van der Waals surface area contributed by atoms with Crippen molar-refractivity contribution in [3.05, 3.63) is 47.6 Å². The number of aryl methyl sites for hydroxylation is 4. The van der Waals surface area contributed by atoms with E-state index in [2.05, 4.69) is 19.9 Å². The maximum atomic E-state index is 5.69. The first-order valence-corrected chi connectivity index (χ1v) is 8.39. The van der Waals surface area contributed by atoms with E-state index in [1.165, 1.54) is 0 Å². The minimum atomic E-state index is 0.830. The van der Waals surface area contributed by atoms with Gasteiger partial charge in [0.25, 0.3) is 0 Å². The highest BCUT2D eigenvalue weighted by Gasteiger charge is 1.98. The SMILES string of the molecule is Cc1nccc(CCCCOCCCCc2ccnc(C)n2)n1. The highest BCUT2D eigenvalue weighted by molar-refractivity contribution is 5.02. The summed E-state index contributed by atoms with van der Waals surface area (Å²) in [6.45, 7) is 5.51. The first-order valence-electron chi connectivity index (χ1n) is 8.39. The second kappa shape index (κ2) is 10.0. The fraction of sp³-hybridized carbons (Fsp3) is 0.556. The third-order valence-electron chi connectivity index (χ3n) is 3.61. The van der Waals surface area contributed by atoms with E-state index in [9.17, 15) is 0 Å². The first-order chi connectivity index (χ1) is 11.2. The molecular formula is C18H26N4O. The van der Waals surface area contributed by atoms with Crippen molar-refractivity contribution < 1.29 is 4.74 Å². The molecule has 2 aromatic heterocycles. The standard InChI is InChI=1S/C18H26N4O/c1-15-19-11-9-17(21-15)7-3-5-13-23-14-6-4-8-18-10-12-20-16(2)22-18/h9-12H,3-8,13-14H2,1-2H3. The predicted molar refractivity (Wildman–Crippen MR) is 90.2 cm³/mol. The molecule has 0 aliphatic rings. The van der Waals surface area contributed by atoms with Crippen molar-refractivity contribution >= 4 is 0 Å². The fourth-order valence-corrected chi connectivity index (χ4v) is 2.41. The molecule has 0 unspecified atom stereocenters. The second-order valence-electron chi connectivity index (χ2n) is 5.72. The highest BCUT2D eigenvalue weighted by Crippen LogP contribution is 2.04. The van der Waals surface area contributed by atoms with Gasteiger partial charge in [-0.25, -0.2) is 19.9 Å². The minimum Gasteiger partial charge on any atom is -0.381 e. The number of unbranched alkanes of at least 4 members (excludes halogenated alkanes) is 2. The van der Waals surface area contributed by atoms with Gasteiger partial charge in [0.1, 0.15) is 11.6 Å². The van der Waals surface area contributed by atoms with E-state index in [-0.39, 0.29) is 0 Å². The highest BCUT2D eigenvalue weighted by atomic mass is 16.5. The third kappa shape index (κ3) is 7.28. The summed E-state index contributed by atoms with van der Waals surface area (Å²) in [4.78, 5) is 17.0. The molecule has 2 aromatic rings. The molecule has 124 valence electrons. The molecule has 0 spiro atoms. The van der Waals surface area contributed by atoms with Gasteiger partial charge in [0.05, 0.1) is 0 Å². The Morgan fingerprint density at radius 3 is 1.65 bits per heavy atom. The molecule has 0 N–H and O–H groups in total. The van der Waals surface area contributed by atoms with Gasteiger partial charge in [0, 0.05) is 37.0 Å². The average molecular weight is 314 g/mol. The second-order valence-corrected chi connectivity index (χ2v) is 5.72. The monoisotopic (exact) mass is 314 g/mol. The molecule has 5 nitrogen and oxygen atoms in total. The quantitative estimate of drug-likeness (QED) is 0.630. The van der Waals surface area contributed by atoms with Gasteiger partial charge in [-0.1, -0.05) is 0 Å². The van der Waals surface area contributed by atoms with Gasteiger partial charge in [-0.2, -0.15) is 0 Å². The molecule has 2 heterocycles. The fourth-order valence-electron chi connectivity index (χ4n) is 2.41. The zero-order chi connectivity index (χ0) is 16.3. The number of hydrogen-bond donors (Lipinski definition) is 0. The van der Waals surface area contributed by atoms with Crippen molar-refractivity contribution in [1.29, 1.82) is 0 Å². The smallest absolute Gasteiger partial charge is 0.125 e. The van der Waals surface area contributed by atoms with E-state index in [0.717, 1.165) is 74.8 Å². The van der Waals surface area contributed by atoms with E-state index < -0.39 is 0 Å². The number of hydrogen-bond acceptors (Lipinski definition) is 5. The van der Waals surface area contributed by atoms with Gasteiger partial charge in [-0.3, -0.25) is 0 Å². The summed E-state index contributed by atoms with van der Waals surface area (Å²) in [5.41, 5.74) is 2.25. The lowest BCUT2D eigenvalue weighted by molar-refractivity contribution is 0.126. The summed E-state index contributed by atoms with van der Waals surface area (Å²) in [5.74, 6) is 1.69. The number of ether oxygens (including phenoxy) is 1. The van der Waals surface area contributed by atoms with Gasteiger partial charge in [0.2, 0.25) is 0 Å². The van der Waals surface area contributed by atoms with Crippen LogP contribution in [0, 0.1) is 13.8 Å². The van der Waals surface area contributed by atoms with Crippen LogP contribution >= 0.6 is 0 Å². The largest absolute Gasteiger partial charge is 0.381 e. The lowest BCUT2D eigenvalue weighted by Gasteiger charge is -2.05. The van der Waals surface area contributed by atoms with Crippen LogP contribution < -0.4 is 0 Å². The summed E-state index contributed by atoms with van der Waals surface area (Å²) in [7, 11) is 0. The molecule has 0 radical (unpaired) electrons. The molecule has 0 atom stereocenters. The van der Waals surface area contributed by atoms with Crippen molar-refractivity contribution in [3.8, 4) is 0 Å². The maximum absolute atomic E-state index is 5.69. The Hall–Kier alpha value is -1.88. The predicted octanol–water partition coefficient (Wildman–Crippen LogP) is 3.25. The maximum Gasteiger partial charge on any atom is 0.125 e. The van der Waals surface area contributed by atoms with Crippen LogP contribution in [0.1, 0.15) is 48.7 Å². The normalized spacial score (nSPS) is 10.9. The molecule has 0 aromatic carbocycles. The van der Waals surface area contributed by atoms with E-state index in [4.69, 9.17) is 4.74 Å². The zero-order valence-corrected chi connectivity index (χ0v) is 14.2. The van der Waals surface area contributed by atoms with E-state index in [1.54, 1.807) is 0 Å². The zero-order valence-electron chi connectivity index (χ0n) is 14.2. The molecule has 0 bridgehead atoms. The molecule has 0 saturated heterocycles. The van der Waals surface area contributed by atoms with E-state index in [1.807, 2.05) is 38.4 Å². The van der Waals surface area contributed by atoms with Gasteiger partial charge >= 0.3 is 0 Å². The van der Waals surface area contributed by atoms with Crippen LogP contribution in [-0.2, 0) is 17.6 Å². The van der Waals surface area contributed by atoms with Crippen LogP contribution in [0.3, 0.4) is 0 Å². The Balaban J connectivity index is 1.45. The summed E-state index contributed by atoms with van der Waals surface area (Å²) in [5, 5.41) is 0. The van der Waals surface area contributed by atoms with Crippen LogP contribution in [0.5, 0.6) is 0 Å². The van der Waals surface area contributed by atoms with E-state index >= 15 is 0 Å². The van der Waals surface area contributed by atoms with Crippen LogP contribution in [-0.4, -0.2) is 33.1 Å². The first kappa shape index (κ1) is 17.5. The van der Waals surface area contributed by atoms with Gasteiger partial charge in [0.15, 0.2) is 0 Å².